The van der Waals surface area contributed by atoms with Gasteiger partial charge in [-0.05, 0) is 123 Å². The first-order valence-corrected chi connectivity index (χ1v) is 21.3. The van der Waals surface area contributed by atoms with Crippen molar-refractivity contribution in [2.45, 2.75) is 118 Å². The number of thioether (sulfide) groups is 1. The van der Waals surface area contributed by atoms with E-state index in [1.54, 1.807) is 11.1 Å². The van der Waals surface area contributed by atoms with Crippen LogP contribution in [-0.4, -0.2) is 22.4 Å². The van der Waals surface area contributed by atoms with Crippen LogP contribution in [0.3, 0.4) is 0 Å². The average molecular weight is 704 g/mol. The molecule has 0 saturated carbocycles. The number of hydrogen-bond acceptors (Lipinski definition) is 3. The van der Waals surface area contributed by atoms with E-state index in [1.807, 2.05) is 0 Å². The minimum atomic E-state index is 0.148. The molecule has 1 aromatic rings. The van der Waals surface area contributed by atoms with E-state index in [0.717, 1.165) is 38.5 Å². The zero-order chi connectivity index (χ0) is 34.6. The molecule has 1 fully saturated rings. The molecular formula is C49H53NOS. The number of nitrogens with zero attached hydrogens (tertiary/aromatic N) is 1. The van der Waals surface area contributed by atoms with Crippen LogP contribution in [0, 0.1) is 17.3 Å². The predicted molar refractivity (Wildman–Crippen MR) is 217 cm³/mol. The summed E-state index contributed by atoms with van der Waals surface area (Å²) in [5.41, 5.74) is 12.1. The molecule has 52 heavy (non-hydrogen) atoms. The molecule has 2 aliphatic heterocycles. The van der Waals surface area contributed by atoms with Crippen LogP contribution < -0.4 is 0 Å². The molecule has 10 rings (SSSR count). The van der Waals surface area contributed by atoms with E-state index in [4.69, 9.17) is 4.74 Å². The summed E-state index contributed by atoms with van der Waals surface area (Å²) in [5.74, 6) is 2.09. The van der Waals surface area contributed by atoms with E-state index in [9.17, 15) is 0 Å². The summed E-state index contributed by atoms with van der Waals surface area (Å²) in [7, 11) is 0. The summed E-state index contributed by atoms with van der Waals surface area (Å²) in [6.07, 6.45) is 53.6. The van der Waals surface area contributed by atoms with Gasteiger partial charge in [0.2, 0.25) is 0 Å². The van der Waals surface area contributed by atoms with E-state index in [-0.39, 0.29) is 17.6 Å². The second-order valence-electron chi connectivity index (χ2n) is 16.9. The van der Waals surface area contributed by atoms with Gasteiger partial charge in [0.1, 0.15) is 0 Å². The van der Waals surface area contributed by atoms with Crippen molar-refractivity contribution in [3.63, 3.8) is 0 Å². The first-order chi connectivity index (χ1) is 25.6. The van der Waals surface area contributed by atoms with Gasteiger partial charge in [-0.15, -0.1) is 11.8 Å². The molecule has 3 heteroatoms. The van der Waals surface area contributed by atoms with Crippen LogP contribution in [0.4, 0.5) is 0 Å². The van der Waals surface area contributed by atoms with Crippen LogP contribution in [0.15, 0.2) is 154 Å². The Morgan fingerprint density at radius 1 is 0.827 bits per heavy atom. The fourth-order valence-electron chi connectivity index (χ4n) is 10.5. The fraction of sp³-hybridized carbons (Fsp3) is 0.429. The van der Waals surface area contributed by atoms with Crippen molar-refractivity contribution in [1.29, 1.82) is 0 Å². The highest BCUT2D eigenvalue weighted by Gasteiger charge is 2.41. The lowest BCUT2D eigenvalue weighted by Crippen LogP contribution is -2.30. The molecule has 0 spiro atoms. The molecule has 0 N–H and O–H groups in total. The third-order valence-electron chi connectivity index (χ3n) is 13.7. The summed E-state index contributed by atoms with van der Waals surface area (Å²) in [5, 5.41) is 0.635. The van der Waals surface area contributed by atoms with Crippen molar-refractivity contribution in [3.8, 4) is 0 Å². The smallest absolute Gasteiger partial charge is 0.0868 e. The van der Waals surface area contributed by atoms with Crippen LogP contribution in [0.1, 0.15) is 107 Å². The number of benzene rings is 1. The number of ether oxygens (including phenoxy) is 1. The average Bonchev–Trinajstić information content (AvgIpc) is 3.77. The largest absolute Gasteiger partial charge is 0.365 e. The normalized spacial score (nSPS) is 35.7. The van der Waals surface area contributed by atoms with Gasteiger partial charge in [-0.25, -0.2) is 0 Å². The first-order valence-electron chi connectivity index (χ1n) is 20.4. The fourth-order valence-corrected chi connectivity index (χ4v) is 12.0. The molecule has 2 heterocycles. The molecule has 2 nitrogen and oxygen atoms in total. The number of rotatable bonds is 6. The molecule has 0 aromatic heterocycles. The predicted octanol–water partition coefficient (Wildman–Crippen LogP) is 12.6. The van der Waals surface area contributed by atoms with Crippen LogP contribution >= 0.6 is 11.8 Å². The van der Waals surface area contributed by atoms with Crippen molar-refractivity contribution in [2.24, 2.45) is 17.3 Å². The summed E-state index contributed by atoms with van der Waals surface area (Å²) in [6, 6.07) is 7.39. The van der Waals surface area contributed by atoms with Gasteiger partial charge in [-0.1, -0.05) is 110 Å². The van der Waals surface area contributed by atoms with Crippen molar-refractivity contribution < 1.29 is 4.74 Å². The van der Waals surface area contributed by atoms with Gasteiger partial charge >= 0.3 is 0 Å². The molecule has 1 saturated heterocycles. The Hall–Kier alpha value is -3.53. The van der Waals surface area contributed by atoms with Crippen molar-refractivity contribution in [1.82, 2.24) is 4.90 Å². The highest BCUT2D eigenvalue weighted by Crippen LogP contribution is 2.52. The van der Waals surface area contributed by atoms with E-state index in [1.165, 1.54) is 77.2 Å². The van der Waals surface area contributed by atoms with E-state index >= 15 is 0 Å². The molecule has 0 bridgehead atoms. The zero-order valence-corrected chi connectivity index (χ0v) is 31.6. The van der Waals surface area contributed by atoms with E-state index in [0.29, 0.717) is 28.9 Å². The van der Waals surface area contributed by atoms with Crippen LogP contribution in [-0.2, 0) is 4.74 Å². The highest BCUT2D eigenvalue weighted by atomic mass is 32.2. The Morgan fingerprint density at radius 3 is 2.48 bits per heavy atom. The van der Waals surface area contributed by atoms with Gasteiger partial charge < -0.3 is 9.64 Å². The number of allylic oxidation sites excluding steroid dienone is 15. The summed E-state index contributed by atoms with van der Waals surface area (Å²) in [6.45, 7) is 2.51. The summed E-state index contributed by atoms with van der Waals surface area (Å²) in [4.78, 5) is 4.14. The standard InChI is InChI=1S/C49H53NOS/c1-49(37-20-25-46-43(32-37)41-11-5-7-13-45(41)51-46)29-27-40(28-30-49)50(38-21-15-34(16-22-38)33-9-3-2-4-10-33)39-23-17-35(18-24-39)36-19-26-48-44(31-36)42-12-6-8-14-47(42)52-48/h5,7-9,11,13-15,17,19-24,26-27,31-32,34-35,41-42,45-47H,2-4,6,10,12,16,18,25,28-30H2,1H3. The van der Waals surface area contributed by atoms with Crippen molar-refractivity contribution >= 4 is 11.8 Å². The second-order valence-corrected chi connectivity index (χ2v) is 18.1. The quantitative estimate of drug-likeness (QED) is 0.274. The van der Waals surface area contributed by atoms with Crippen molar-refractivity contribution in [3.05, 3.63) is 160 Å². The zero-order valence-electron chi connectivity index (χ0n) is 30.8. The topological polar surface area (TPSA) is 12.5 Å². The molecule has 7 aliphatic carbocycles. The lowest BCUT2D eigenvalue weighted by molar-refractivity contribution is 0.0734. The minimum absolute atomic E-state index is 0.148. The lowest BCUT2D eigenvalue weighted by Gasteiger charge is -2.40. The monoisotopic (exact) mass is 703 g/mol. The summed E-state index contributed by atoms with van der Waals surface area (Å²) < 4.78 is 6.44. The van der Waals surface area contributed by atoms with Crippen LogP contribution in [0.25, 0.3) is 0 Å². The van der Waals surface area contributed by atoms with Gasteiger partial charge in [0.15, 0.2) is 0 Å². The highest BCUT2D eigenvalue weighted by molar-refractivity contribution is 8.00. The van der Waals surface area contributed by atoms with Gasteiger partial charge in [-0.3, -0.25) is 0 Å². The molecule has 266 valence electrons. The molecular weight excluding hydrogens is 651 g/mol. The third-order valence-corrected chi connectivity index (χ3v) is 15.1. The van der Waals surface area contributed by atoms with Gasteiger partial charge in [-0.2, -0.15) is 0 Å². The maximum Gasteiger partial charge on any atom is 0.0868 e. The Balaban J connectivity index is 0.905. The van der Waals surface area contributed by atoms with E-state index < -0.39 is 0 Å². The maximum atomic E-state index is 6.44. The lowest BCUT2D eigenvalue weighted by atomic mass is 9.69. The molecule has 0 amide bonds. The molecule has 8 atom stereocenters. The van der Waals surface area contributed by atoms with Crippen LogP contribution in [0.5, 0.6) is 0 Å². The molecule has 0 radical (unpaired) electrons. The second kappa shape index (κ2) is 13.7. The molecule has 8 unspecified atom stereocenters. The first kappa shape index (κ1) is 33.1. The molecule has 1 aromatic carbocycles. The Labute approximate surface area is 315 Å². The van der Waals surface area contributed by atoms with Gasteiger partial charge in [0.05, 0.1) is 12.2 Å². The Kier molecular flexibility index (Phi) is 8.72. The SMILES string of the molecule is CC1(C2=CCC3OC4C=CC=CC4C3=C2)CC=C(N(C2=CCC(C3=CCCCC3)C=C2)C2=CCC(c3ccc4c(c3)C3CCC=CC3S4)C=C2)CC1. The van der Waals surface area contributed by atoms with Gasteiger partial charge in [0.25, 0.3) is 0 Å². The van der Waals surface area contributed by atoms with E-state index in [2.05, 4.69) is 139 Å². The summed E-state index contributed by atoms with van der Waals surface area (Å²) >= 11 is 2.07. The minimum Gasteiger partial charge on any atom is -0.365 e. The molecule has 9 aliphatic rings. The number of fused-ring (bicyclic) bond motifs is 6. The Bertz CT molecular complexity index is 1970. The maximum absolute atomic E-state index is 6.44. The van der Waals surface area contributed by atoms with Gasteiger partial charge in [0, 0.05) is 50.9 Å². The van der Waals surface area contributed by atoms with Crippen molar-refractivity contribution in [2.75, 3.05) is 0 Å². The number of hydrogen-bond donors (Lipinski definition) is 0. The third kappa shape index (κ3) is 6.01. The Morgan fingerprint density at radius 2 is 1.69 bits per heavy atom. The van der Waals surface area contributed by atoms with Crippen LogP contribution in [0.2, 0.25) is 0 Å².